The fraction of sp³-hybridized carbons (Fsp3) is 0.353. The van der Waals surface area contributed by atoms with E-state index >= 15 is 0 Å². The zero-order chi connectivity index (χ0) is 18.7. The lowest BCUT2D eigenvalue weighted by molar-refractivity contribution is 0.0601. The number of nitrogens with zero attached hydrogens (tertiary/aromatic N) is 3. The number of rotatable bonds is 5. The molecule has 8 nitrogen and oxygen atoms in total. The molecule has 1 aliphatic heterocycles. The number of carbonyl (C=O) groups is 1. The van der Waals surface area contributed by atoms with Crippen LogP contribution in [0.5, 0.6) is 0 Å². The smallest absolute Gasteiger partial charge is 0.337 e. The first-order chi connectivity index (χ1) is 12.4. The molecule has 2 aromatic rings. The van der Waals surface area contributed by atoms with Crippen LogP contribution in [0.3, 0.4) is 0 Å². The Labute approximate surface area is 152 Å². The lowest BCUT2D eigenvalue weighted by Gasteiger charge is -2.24. The fourth-order valence-corrected chi connectivity index (χ4v) is 4.61. The molecule has 1 aromatic carbocycles. The van der Waals surface area contributed by atoms with Gasteiger partial charge in [0.25, 0.3) is 0 Å². The van der Waals surface area contributed by atoms with Crippen LogP contribution in [0.1, 0.15) is 16.8 Å². The van der Waals surface area contributed by atoms with Gasteiger partial charge in [-0.15, -0.1) is 0 Å². The Morgan fingerprint density at radius 1 is 1.27 bits per heavy atom. The third-order valence-corrected chi connectivity index (χ3v) is 6.10. The van der Waals surface area contributed by atoms with Gasteiger partial charge < -0.3 is 15.0 Å². The quantitative estimate of drug-likeness (QED) is 0.786. The minimum absolute atomic E-state index is 0.0814. The van der Waals surface area contributed by atoms with Gasteiger partial charge in [-0.1, -0.05) is 0 Å². The van der Waals surface area contributed by atoms with Crippen LogP contribution in [-0.4, -0.2) is 56.1 Å². The number of aromatic nitrogens is 2. The van der Waals surface area contributed by atoms with Gasteiger partial charge >= 0.3 is 5.97 Å². The second-order valence-electron chi connectivity index (χ2n) is 6.12. The van der Waals surface area contributed by atoms with Gasteiger partial charge in [0, 0.05) is 24.8 Å². The van der Waals surface area contributed by atoms with Crippen molar-refractivity contribution in [3.05, 3.63) is 42.2 Å². The number of hydrogen-bond donors (Lipinski definition) is 1. The van der Waals surface area contributed by atoms with E-state index in [9.17, 15) is 13.2 Å². The Bertz CT molecular complexity index is 899. The Balaban J connectivity index is 1.72. The standard InChI is InChI=1S/C17H20N4O4S/c1-21(14-7-8-26(23,24)10-14)16-9-15(18-11-19-16)20-13-5-3-12(4-6-13)17(22)25-2/h3-6,9,11,14H,7-8,10H2,1-2H3,(H,18,19,20). The third kappa shape index (κ3) is 4.10. The van der Waals surface area contributed by atoms with E-state index in [0.717, 1.165) is 5.69 Å². The number of ether oxygens (including phenoxy) is 1. The van der Waals surface area contributed by atoms with Crippen molar-refractivity contribution in [3.8, 4) is 0 Å². The normalized spacial score (nSPS) is 18.3. The predicted molar refractivity (Wildman–Crippen MR) is 98.6 cm³/mol. The average molecular weight is 376 g/mol. The lowest BCUT2D eigenvalue weighted by atomic mass is 10.2. The summed E-state index contributed by atoms with van der Waals surface area (Å²) in [5, 5.41) is 3.14. The Kier molecular flexibility index (Phi) is 5.08. The molecule has 1 saturated heterocycles. The molecule has 0 bridgehead atoms. The molecule has 2 heterocycles. The van der Waals surface area contributed by atoms with Gasteiger partial charge in [-0.3, -0.25) is 0 Å². The number of benzene rings is 1. The van der Waals surface area contributed by atoms with Crippen LogP contribution < -0.4 is 10.2 Å². The highest BCUT2D eigenvalue weighted by Crippen LogP contribution is 2.23. The van der Waals surface area contributed by atoms with Crippen molar-refractivity contribution in [2.75, 3.05) is 35.9 Å². The molecule has 1 aromatic heterocycles. The van der Waals surface area contributed by atoms with Crippen molar-refractivity contribution in [1.29, 1.82) is 0 Å². The van der Waals surface area contributed by atoms with Gasteiger partial charge in [0.1, 0.15) is 18.0 Å². The molecule has 3 rings (SSSR count). The number of carbonyl (C=O) groups excluding carboxylic acids is 1. The van der Waals surface area contributed by atoms with Crippen molar-refractivity contribution in [2.24, 2.45) is 0 Å². The highest BCUT2D eigenvalue weighted by Gasteiger charge is 2.31. The number of esters is 1. The number of nitrogens with one attached hydrogen (secondary N) is 1. The SMILES string of the molecule is COC(=O)c1ccc(Nc2cc(N(C)C3CCS(=O)(=O)C3)ncn2)cc1. The molecule has 0 aliphatic carbocycles. The van der Waals surface area contributed by atoms with Gasteiger partial charge in [0.2, 0.25) is 0 Å². The van der Waals surface area contributed by atoms with Gasteiger partial charge in [-0.25, -0.2) is 23.2 Å². The maximum Gasteiger partial charge on any atom is 0.337 e. The van der Waals surface area contributed by atoms with Crippen LogP contribution in [0.15, 0.2) is 36.7 Å². The molecule has 0 radical (unpaired) electrons. The maximum atomic E-state index is 11.7. The summed E-state index contributed by atoms with van der Waals surface area (Å²) in [7, 11) is 0.213. The molecular formula is C17H20N4O4S. The molecule has 0 spiro atoms. The largest absolute Gasteiger partial charge is 0.465 e. The van der Waals surface area contributed by atoms with E-state index in [1.165, 1.54) is 13.4 Å². The summed E-state index contributed by atoms with van der Waals surface area (Å²) in [6.07, 6.45) is 2.03. The first kappa shape index (κ1) is 18.1. The summed E-state index contributed by atoms with van der Waals surface area (Å²) in [6, 6.07) is 8.50. The van der Waals surface area contributed by atoms with Crippen LogP contribution in [0.2, 0.25) is 0 Å². The minimum Gasteiger partial charge on any atom is -0.465 e. The van der Waals surface area contributed by atoms with Crippen LogP contribution in [0.25, 0.3) is 0 Å². The fourth-order valence-electron chi connectivity index (χ4n) is 2.83. The van der Waals surface area contributed by atoms with Crippen LogP contribution >= 0.6 is 0 Å². The summed E-state index contributed by atoms with van der Waals surface area (Å²) in [5.74, 6) is 1.19. The molecule has 26 heavy (non-hydrogen) atoms. The summed E-state index contributed by atoms with van der Waals surface area (Å²) in [5.41, 5.74) is 1.22. The molecule has 1 atom stereocenters. The van der Waals surface area contributed by atoms with E-state index < -0.39 is 15.8 Å². The van der Waals surface area contributed by atoms with Gasteiger partial charge in [-0.05, 0) is 30.7 Å². The van der Waals surface area contributed by atoms with Crippen molar-refractivity contribution < 1.29 is 17.9 Å². The molecular weight excluding hydrogens is 356 g/mol. The number of hydrogen-bond acceptors (Lipinski definition) is 8. The monoisotopic (exact) mass is 376 g/mol. The molecule has 1 fully saturated rings. The predicted octanol–water partition coefficient (Wildman–Crippen LogP) is 1.63. The minimum atomic E-state index is -2.96. The molecule has 9 heteroatoms. The zero-order valence-corrected chi connectivity index (χ0v) is 15.4. The number of methoxy groups -OCH3 is 1. The third-order valence-electron chi connectivity index (χ3n) is 4.35. The van der Waals surface area contributed by atoms with Crippen molar-refractivity contribution in [3.63, 3.8) is 0 Å². The Morgan fingerprint density at radius 3 is 2.62 bits per heavy atom. The second kappa shape index (κ2) is 7.28. The second-order valence-corrected chi connectivity index (χ2v) is 8.35. The summed E-state index contributed by atoms with van der Waals surface area (Å²) >= 11 is 0. The molecule has 0 saturated carbocycles. The van der Waals surface area contributed by atoms with Crippen LogP contribution in [0.4, 0.5) is 17.3 Å². The maximum absolute atomic E-state index is 11.7. The first-order valence-electron chi connectivity index (χ1n) is 8.09. The van der Waals surface area contributed by atoms with Gasteiger partial charge in [-0.2, -0.15) is 0 Å². The first-order valence-corrected chi connectivity index (χ1v) is 9.91. The summed E-state index contributed by atoms with van der Waals surface area (Å²) in [6.45, 7) is 0. The number of sulfone groups is 1. The Morgan fingerprint density at radius 2 is 2.00 bits per heavy atom. The van der Waals surface area contributed by atoms with E-state index in [-0.39, 0.29) is 17.5 Å². The molecule has 1 aliphatic rings. The van der Waals surface area contributed by atoms with Gasteiger partial charge in [0.15, 0.2) is 9.84 Å². The summed E-state index contributed by atoms with van der Waals surface area (Å²) in [4.78, 5) is 21.8. The highest BCUT2D eigenvalue weighted by molar-refractivity contribution is 7.91. The van der Waals surface area contributed by atoms with Gasteiger partial charge in [0.05, 0.1) is 24.2 Å². The van der Waals surface area contributed by atoms with E-state index in [1.807, 2.05) is 11.9 Å². The van der Waals surface area contributed by atoms with Crippen LogP contribution in [0, 0.1) is 0 Å². The topological polar surface area (TPSA) is 101 Å². The van der Waals surface area contributed by atoms with Crippen molar-refractivity contribution >= 4 is 33.1 Å². The van der Waals surface area contributed by atoms with Crippen LogP contribution in [-0.2, 0) is 14.6 Å². The van der Waals surface area contributed by atoms with Crippen molar-refractivity contribution in [2.45, 2.75) is 12.5 Å². The van der Waals surface area contributed by atoms with E-state index in [1.54, 1.807) is 30.3 Å². The Hall–Kier alpha value is -2.68. The van der Waals surface area contributed by atoms with E-state index in [0.29, 0.717) is 23.6 Å². The van der Waals surface area contributed by atoms with Crippen molar-refractivity contribution in [1.82, 2.24) is 9.97 Å². The lowest BCUT2D eigenvalue weighted by Crippen LogP contribution is -2.33. The summed E-state index contributed by atoms with van der Waals surface area (Å²) < 4.78 is 28.0. The zero-order valence-electron chi connectivity index (χ0n) is 14.5. The number of anilines is 3. The molecule has 0 amide bonds. The molecule has 1 N–H and O–H groups in total. The average Bonchev–Trinajstić information content (AvgIpc) is 3.01. The molecule has 1 unspecified atom stereocenters. The highest BCUT2D eigenvalue weighted by atomic mass is 32.2. The molecule has 138 valence electrons. The van der Waals surface area contributed by atoms with E-state index in [2.05, 4.69) is 20.0 Å². The van der Waals surface area contributed by atoms with E-state index in [4.69, 9.17) is 0 Å².